The lowest BCUT2D eigenvalue weighted by Crippen LogP contribution is -2.53. The molecule has 1 N–H and O–H groups in total. The molecule has 0 aliphatic heterocycles. The van der Waals surface area contributed by atoms with Crippen molar-refractivity contribution < 1.29 is 4.79 Å². The fraction of sp³-hybridized carbons (Fsp3) is 0.500. The summed E-state index contributed by atoms with van der Waals surface area (Å²) < 4.78 is 1.89. The van der Waals surface area contributed by atoms with Gasteiger partial charge >= 0.3 is 0 Å². The molecule has 0 bridgehead atoms. The molecular weight excluding hydrogens is 250 g/mol. The van der Waals surface area contributed by atoms with Crippen molar-refractivity contribution in [2.75, 3.05) is 0 Å². The second-order valence-corrected chi connectivity index (χ2v) is 6.38. The number of imidazole rings is 1. The Bertz CT molecular complexity index is 653. The van der Waals surface area contributed by atoms with Crippen LogP contribution >= 0.6 is 0 Å². The highest BCUT2D eigenvalue weighted by Crippen LogP contribution is 2.44. The molecule has 4 nitrogen and oxygen atoms in total. The maximum absolute atomic E-state index is 12.5. The normalized spacial score (nSPS) is 20.6. The third-order valence-electron chi connectivity index (χ3n) is 4.74. The highest BCUT2D eigenvalue weighted by atomic mass is 16.1. The summed E-state index contributed by atoms with van der Waals surface area (Å²) in [5.74, 6) is 0.910. The van der Waals surface area contributed by atoms with E-state index in [-0.39, 0.29) is 11.4 Å². The van der Waals surface area contributed by atoms with E-state index in [1.165, 1.54) is 25.7 Å². The van der Waals surface area contributed by atoms with Crippen molar-refractivity contribution in [3.8, 4) is 0 Å². The molecule has 20 heavy (non-hydrogen) atoms. The number of nitrogens with one attached hydrogen (secondary N) is 1. The van der Waals surface area contributed by atoms with Crippen LogP contribution in [-0.2, 0) is 0 Å². The molecule has 0 radical (unpaired) electrons. The predicted molar refractivity (Wildman–Crippen MR) is 76.6 cm³/mol. The zero-order valence-electron chi connectivity index (χ0n) is 11.5. The molecule has 2 heterocycles. The molecule has 0 spiro atoms. The van der Waals surface area contributed by atoms with E-state index >= 15 is 0 Å². The van der Waals surface area contributed by atoms with Gasteiger partial charge < -0.3 is 9.72 Å². The van der Waals surface area contributed by atoms with Crippen LogP contribution in [0.2, 0.25) is 0 Å². The van der Waals surface area contributed by atoms with Crippen molar-refractivity contribution >= 4 is 11.4 Å². The number of carbonyl (C=O) groups excluding carboxylic acids is 1. The van der Waals surface area contributed by atoms with Crippen LogP contribution in [0.3, 0.4) is 0 Å². The zero-order valence-corrected chi connectivity index (χ0v) is 11.5. The summed E-state index contributed by atoms with van der Waals surface area (Å²) >= 11 is 0. The molecule has 1 amide bonds. The second-order valence-electron chi connectivity index (χ2n) is 6.38. The van der Waals surface area contributed by atoms with Crippen molar-refractivity contribution in [1.29, 1.82) is 0 Å². The van der Waals surface area contributed by atoms with Gasteiger partial charge in [0.2, 0.25) is 0 Å². The first-order chi connectivity index (χ1) is 9.74. The first-order valence-corrected chi connectivity index (χ1v) is 7.48. The van der Waals surface area contributed by atoms with E-state index in [1.807, 2.05) is 22.7 Å². The van der Waals surface area contributed by atoms with Gasteiger partial charge in [0, 0.05) is 11.7 Å². The van der Waals surface area contributed by atoms with E-state index in [4.69, 9.17) is 0 Å². The van der Waals surface area contributed by atoms with Crippen LogP contribution in [0.25, 0.3) is 5.52 Å². The standard InChI is InChI=1S/C16H19N3O/c20-15(13-4-5-14-9-17-11-19(14)10-13)18-16(6-1-7-16)8-12-2-3-12/h4-5,9-12H,1-3,6-8H2,(H,18,20). The van der Waals surface area contributed by atoms with Crippen molar-refractivity contribution in [2.45, 2.75) is 44.1 Å². The lowest BCUT2D eigenvalue weighted by atomic mass is 9.73. The van der Waals surface area contributed by atoms with E-state index < -0.39 is 0 Å². The monoisotopic (exact) mass is 269 g/mol. The molecule has 0 atom stereocenters. The minimum atomic E-state index is 0.0564. The number of amides is 1. The van der Waals surface area contributed by atoms with Crippen LogP contribution in [-0.4, -0.2) is 20.8 Å². The molecule has 2 aromatic rings. The van der Waals surface area contributed by atoms with Crippen LogP contribution in [0.1, 0.15) is 48.9 Å². The van der Waals surface area contributed by atoms with Crippen LogP contribution in [0.15, 0.2) is 30.9 Å². The molecule has 4 heteroatoms. The highest BCUT2D eigenvalue weighted by Gasteiger charge is 2.42. The van der Waals surface area contributed by atoms with Crippen molar-refractivity contribution in [1.82, 2.24) is 14.7 Å². The summed E-state index contributed by atoms with van der Waals surface area (Å²) in [4.78, 5) is 16.6. The van der Waals surface area contributed by atoms with Gasteiger partial charge in [0.1, 0.15) is 0 Å². The van der Waals surface area contributed by atoms with Gasteiger partial charge in [-0.1, -0.05) is 12.8 Å². The summed E-state index contributed by atoms with van der Waals surface area (Å²) in [6.45, 7) is 0. The Hall–Kier alpha value is -1.84. The smallest absolute Gasteiger partial charge is 0.253 e. The van der Waals surface area contributed by atoms with Gasteiger partial charge in [-0.3, -0.25) is 4.79 Å². The van der Waals surface area contributed by atoms with E-state index in [9.17, 15) is 4.79 Å². The number of hydrogen-bond acceptors (Lipinski definition) is 2. The summed E-state index contributed by atoms with van der Waals surface area (Å²) in [5.41, 5.74) is 1.82. The van der Waals surface area contributed by atoms with E-state index in [1.54, 1.807) is 12.5 Å². The quantitative estimate of drug-likeness (QED) is 0.927. The van der Waals surface area contributed by atoms with Crippen LogP contribution < -0.4 is 5.32 Å². The third-order valence-corrected chi connectivity index (χ3v) is 4.74. The van der Waals surface area contributed by atoms with E-state index in [2.05, 4.69) is 10.3 Å². The van der Waals surface area contributed by atoms with E-state index in [0.29, 0.717) is 0 Å². The Morgan fingerprint density at radius 2 is 2.25 bits per heavy atom. The summed E-state index contributed by atoms with van der Waals surface area (Å²) in [6.07, 6.45) is 12.8. The summed E-state index contributed by atoms with van der Waals surface area (Å²) in [5, 5.41) is 3.30. The fourth-order valence-electron chi connectivity index (χ4n) is 3.23. The Kier molecular flexibility index (Phi) is 2.59. The van der Waals surface area contributed by atoms with Crippen LogP contribution in [0.4, 0.5) is 0 Å². The Morgan fingerprint density at radius 3 is 2.95 bits per heavy atom. The average molecular weight is 269 g/mol. The highest BCUT2D eigenvalue weighted by molar-refractivity contribution is 5.94. The summed E-state index contributed by atoms with van der Waals surface area (Å²) in [7, 11) is 0. The molecule has 0 aromatic carbocycles. The van der Waals surface area contributed by atoms with E-state index in [0.717, 1.165) is 29.8 Å². The van der Waals surface area contributed by atoms with Gasteiger partial charge in [-0.2, -0.15) is 0 Å². The second kappa shape index (κ2) is 4.33. The molecule has 0 saturated heterocycles. The van der Waals surface area contributed by atoms with Gasteiger partial charge in [0.05, 0.1) is 23.6 Å². The van der Waals surface area contributed by atoms with Gasteiger partial charge in [-0.05, 0) is 43.7 Å². The maximum atomic E-state index is 12.5. The van der Waals surface area contributed by atoms with Gasteiger partial charge in [0.15, 0.2) is 0 Å². The Balaban J connectivity index is 1.53. The van der Waals surface area contributed by atoms with Crippen molar-refractivity contribution in [3.63, 3.8) is 0 Å². The maximum Gasteiger partial charge on any atom is 0.253 e. The molecule has 104 valence electrons. The first kappa shape index (κ1) is 11.9. The van der Waals surface area contributed by atoms with Crippen LogP contribution in [0, 0.1) is 5.92 Å². The molecular formula is C16H19N3O. The zero-order chi connectivity index (χ0) is 13.6. The number of hydrogen-bond donors (Lipinski definition) is 1. The molecule has 4 rings (SSSR count). The van der Waals surface area contributed by atoms with Crippen molar-refractivity contribution in [3.05, 3.63) is 36.4 Å². The summed E-state index contributed by atoms with van der Waals surface area (Å²) in [6, 6.07) is 3.83. The fourth-order valence-corrected chi connectivity index (χ4v) is 3.23. The van der Waals surface area contributed by atoms with Gasteiger partial charge in [-0.25, -0.2) is 4.98 Å². The first-order valence-electron chi connectivity index (χ1n) is 7.48. The topological polar surface area (TPSA) is 46.4 Å². The lowest BCUT2D eigenvalue weighted by Gasteiger charge is -2.43. The minimum Gasteiger partial charge on any atom is -0.347 e. The number of pyridine rings is 1. The van der Waals surface area contributed by atoms with Gasteiger partial charge in [0.25, 0.3) is 5.91 Å². The lowest BCUT2D eigenvalue weighted by molar-refractivity contribution is 0.0802. The van der Waals surface area contributed by atoms with Crippen LogP contribution in [0.5, 0.6) is 0 Å². The largest absolute Gasteiger partial charge is 0.347 e. The predicted octanol–water partition coefficient (Wildman–Crippen LogP) is 2.79. The van der Waals surface area contributed by atoms with Gasteiger partial charge in [-0.15, -0.1) is 0 Å². The number of fused-ring (bicyclic) bond motifs is 1. The molecule has 2 fully saturated rings. The van der Waals surface area contributed by atoms with Crippen molar-refractivity contribution in [2.24, 2.45) is 5.92 Å². The average Bonchev–Trinajstić information content (AvgIpc) is 3.10. The number of aromatic nitrogens is 2. The third kappa shape index (κ3) is 2.09. The number of carbonyl (C=O) groups is 1. The number of rotatable bonds is 4. The minimum absolute atomic E-state index is 0.0564. The Labute approximate surface area is 118 Å². The molecule has 2 saturated carbocycles. The SMILES string of the molecule is O=C(NC1(CC2CC2)CCC1)c1ccc2cncn2c1. The molecule has 0 unspecified atom stereocenters. The molecule has 2 aliphatic carbocycles. The number of nitrogens with zero attached hydrogens (tertiary/aromatic N) is 2. The Morgan fingerprint density at radius 1 is 1.40 bits per heavy atom. The molecule has 2 aliphatic rings. The molecule has 2 aromatic heterocycles.